The van der Waals surface area contributed by atoms with Crippen LogP contribution in [0.25, 0.3) is 6.08 Å². The molecule has 0 spiro atoms. The third-order valence-corrected chi connectivity index (χ3v) is 2.44. The van der Waals surface area contributed by atoms with E-state index in [0.29, 0.717) is 5.56 Å². The fraction of sp³-hybridized carbons (Fsp3) is 0.308. The largest absolute Gasteiger partial charge is 0.360 e. The fourth-order valence-electron chi connectivity index (χ4n) is 1.41. The van der Waals surface area contributed by atoms with Crippen molar-refractivity contribution in [1.82, 2.24) is 0 Å². The molecule has 19 heavy (non-hydrogen) atoms. The highest BCUT2D eigenvalue weighted by molar-refractivity contribution is 5.75. The van der Waals surface area contributed by atoms with Gasteiger partial charge in [-0.05, 0) is 5.56 Å². The molecule has 1 saturated heterocycles. The van der Waals surface area contributed by atoms with Crippen molar-refractivity contribution >= 4 is 12.4 Å². The summed E-state index contributed by atoms with van der Waals surface area (Å²) in [7, 11) is 1.40. The van der Waals surface area contributed by atoms with Crippen LogP contribution in [0.1, 0.15) is 15.9 Å². The average Bonchev–Trinajstić information content (AvgIpc) is 2.72. The van der Waals surface area contributed by atoms with Gasteiger partial charge >= 0.3 is 5.97 Å². The predicted octanol–water partition coefficient (Wildman–Crippen LogP) is 1.72. The lowest BCUT2D eigenvalue weighted by Crippen LogP contribution is -2.34. The minimum Gasteiger partial charge on any atom is -0.324 e. The number of aldehydes is 1. The van der Waals surface area contributed by atoms with Crippen molar-refractivity contribution in [3.8, 4) is 0 Å². The van der Waals surface area contributed by atoms with Gasteiger partial charge in [-0.3, -0.25) is 4.79 Å². The summed E-state index contributed by atoms with van der Waals surface area (Å²) in [4.78, 5) is 30.2. The number of methoxy groups -OCH3 is 1. The Morgan fingerprint density at radius 2 is 1.68 bits per heavy atom. The van der Waals surface area contributed by atoms with E-state index in [1.165, 1.54) is 13.2 Å². The highest BCUT2D eigenvalue weighted by Crippen LogP contribution is 2.21. The zero-order valence-electron chi connectivity index (χ0n) is 10.4. The van der Waals surface area contributed by atoms with Gasteiger partial charge in [0.1, 0.15) is 19.5 Å². The highest BCUT2D eigenvalue weighted by atomic mass is 17.4. The van der Waals surface area contributed by atoms with Crippen molar-refractivity contribution in [2.45, 2.75) is 5.97 Å². The van der Waals surface area contributed by atoms with Crippen LogP contribution in [0.5, 0.6) is 0 Å². The molecule has 6 nitrogen and oxygen atoms in total. The Morgan fingerprint density at radius 3 is 2.21 bits per heavy atom. The Labute approximate surface area is 110 Å². The predicted molar refractivity (Wildman–Crippen MR) is 64.7 cm³/mol. The van der Waals surface area contributed by atoms with Crippen LogP contribution >= 0.6 is 0 Å². The molecular formula is C13H14O6. The topological polar surface area (TPSA) is 63.2 Å². The second kappa shape index (κ2) is 6.55. The van der Waals surface area contributed by atoms with Gasteiger partial charge in [0, 0.05) is 18.7 Å². The maximum Gasteiger partial charge on any atom is 0.360 e. The van der Waals surface area contributed by atoms with Crippen LogP contribution in [0.4, 0.5) is 0 Å². The number of carbonyl (C=O) groups is 1. The first-order valence-electron chi connectivity index (χ1n) is 5.69. The van der Waals surface area contributed by atoms with Gasteiger partial charge in [-0.2, -0.15) is 9.78 Å². The second-order valence-corrected chi connectivity index (χ2v) is 3.74. The molecule has 0 aliphatic carbocycles. The Hall–Kier alpha value is -1.57. The van der Waals surface area contributed by atoms with Gasteiger partial charge in [-0.1, -0.05) is 30.3 Å². The lowest BCUT2D eigenvalue weighted by molar-refractivity contribution is -0.529. The minimum atomic E-state index is -1.54. The Bertz CT molecular complexity index is 431. The molecular weight excluding hydrogens is 252 g/mol. The zero-order chi connectivity index (χ0) is 13.6. The van der Waals surface area contributed by atoms with Crippen molar-refractivity contribution < 1.29 is 29.1 Å². The number of ether oxygens (including phenoxy) is 1. The summed E-state index contributed by atoms with van der Waals surface area (Å²) in [5.41, 5.74) is 1.45. The van der Waals surface area contributed by atoms with Gasteiger partial charge in [0.2, 0.25) is 0 Å². The molecule has 1 fully saturated rings. The van der Waals surface area contributed by atoms with E-state index in [-0.39, 0.29) is 13.2 Å². The molecule has 1 heterocycles. The summed E-state index contributed by atoms with van der Waals surface area (Å²) in [5, 5.41) is 0. The van der Waals surface area contributed by atoms with E-state index in [0.717, 1.165) is 11.8 Å². The van der Waals surface area contributed by atoms with Gasteiger partial charge < -0.3 is 4.74 Å². The van der Waals surface area contributed by atoms with Crippen LogP contribution in [0.3, 0.4) is 0 Å². The molecule has 0 saturated carbocycles. The van der Waals surface area contributed by atoms with E-state index < -0.39 is 5.97 Å². The van der Waals surface area contributed by atoms with Gasteiger partial charge in [0.05, 0.1) is 0 Å². The van der Waals surface area contributed by atoms with Crippen molar-refractivity contribution in [2.24, 2.45) is 0 Å². The number of benzene rings is 1. The molecule has 0 aromatic heterocycles. The molecule has 0 amide bonds. The van der Waals surface area contributed by atoms with E-state index in [4.69, 9.17) is 24.3 Å². The van der Waals surface area contributed by atoms with Crippen molar-refractivity contribution in [2.75, 3.05) is 20.3 Å². The quantitative estimate of drug-likeness (QED) is 0.611. The molecule has 1 aliphatic heterocycles. The first kappa shape index (κ1) is 13.9. The van der Waals surface area contributed by atoms with Gasteiger partial charge in [-0.15, -0.1) is 0 Å². The molecule has 1 aromatic carbocycles. The van der Waals surface area contributed by atoms with Crippen LogP contribution < -0.4 is 0 Å². The third kappa shape index (κ3) is 3.69. The molecule has 6 heteroatoms. The molecule has 102 valence electrons. The standard InChI is InChI=1S/C13H14O6/c1-15-13(18-16-8-9-17-19-13)7-6-11-2-4-12(10-14)5-3-11/h2-7,10H,8-9H2,1H3. The van der Waals surface area contributed by atoms with E-state index in [2.05, 4.69) is 0 Å². The van der Waals surface area contributed by atoms with Crippen LogP contribution in [-0.4, -0.2) is 32.6 Å². The Balaban J connectivity index is 2.11. The smallest absolute Gasteiger partial charge is 0.324 e. The summed E-state index contributed by atoms with van der Waals surface area (Å²) in [6.07, 6.45) is 3.99. The highest BCUT2D eigenvalue weighted by Gasteiger charge is 2.34. The fourth-order valence-corrected chi connectivity index (χ4v) is 1.41. The van der Waals surface area contributed by atoms with E-state index in [9.17, 15) is 4.79 Å². The molecule has 1 aromatic rings. The van der Waals surface area contributed by atoms with Crippen LogP contribution in [-0.2, 0) is 24.3 Å². The van der Waals surface area contributed by atoms with E-state index in [1.807, 2.05) is 0 Å². The molecule has 0 unspecified atom stereocenters. The summed E-state index contributed by atoms with van der Waals surface area (Å²) in [5.74, 6) is -1.54. The normalized spacial score (nSPS) is 19.2. The van der Waals surface area contributed by atoms with Gasteiger partial charge in [0.15, 0.2) is 0 Å². The SMILES string of the molecule is COC1(C=Cc2ccc(C=O)cc2)OOCCOO1. The van der Waals surface area contributed by atoms with Crippen molar-refractivity contribution in [1.29, 1.82) is 0 Å². The van der Waals surface area contributed by atoms with E-state index >= 15 is 0 Å². The zero-order valence-corrected chi connectivity index (χ0v) is 10.4. The summed E-state index contributed by atoms with van der Waals surface area (Å²) >= 11 is 0. The number of hydrogen-bond donors (Lipinski definition) is 0. The van der Waals surface area contributed by atoms with Crippen LogP contribution in [0.2, 0.25) is 0 Å². The number of hydrogen-bond acceptors (Lipinski definition) is 6. The lowest BCUT2D eigenvalue weighted by Gasteiger charge is -2.22. The molecule has 2 rings (SSSR count). The lowest BCUT2D eigenvalue weighted by atomic mass is 10.1. The van der Waals surface area contributed by atoms with Crippen molar-refractivity contribution in [3.05, 3.63) is 41.5 Å². The second-order valence-electron chi connectivity index (χ2n) is 3.74. The molecule has 0 bridgehead atoms. The monoisotopic (exact) mass is 266 g/mol. The van der Waals surface area contributed by atoms with Gasteiger partial charge in [0.25, 0.3) is 0 Å². The Morgan fingerprint density at radius 1 is 1.11 bits per heavy atom. The summed E-state index contributed by atoms with van der Waals surface area (Å²) in [6, 6.07) is 6.96. The maximum atomic E-state index is 10.5. The number of rotatable bonds is 4. The van der Waals surface area contributed by atoms with E-state index in [1.54, 1.807) is 30.3 Å². The molecule has 1 aliphatic rings. The minimum absolute atomic E-state index is 0.243. The third-order valence-electron chi connectivity index (χ3n) is 2.44. The van der Waals surface area contributed by atoms with Crippen LogP contribution in [0.15, 0.2) is 30.3 Å². The maximum absolute atomic E-state index is 10.5. The number of carbonyl (C=O) groups excluding carboxylic acids is 1. The first-order valence-corrected chi connectivity index (χ1v) is 5.69. The van der Waals surface area contributed by atoms with Crippen molar-refractivity contribution in [3.63, 3.8) is 0 Å². The summed E-state index contributed by atoms with van der Waals surface area (Å²) in [6.45, 7) is 0.486. The first-order chi connectivity index (χ1) is 9.28. The average molecular weight is 266 g/mol. The Kier molecular flexibility index (Phi) is 4.78. The molecule has 0 radical (unpaired) electrons. The van der Waals surface area contributed by atoms with Gasteiger partial charge in [-0.25, -0.2) is 9.78 Å². The van der Waals surface area contributed by atoms with Crippen LogP contribution in [0, 0.1) is 0 Å². The molecule has 0 atom stereocenters. The summed E-state index contributed by atoms with van der Waals surface area (Å²) < 4.78 is 5.09. The molecule has 0 N–H and O–H groups in total.